The van der Waals surface area contributed by atoms with Crippen LogP contribution in [0, 0.1) is 28.6 Å². The molecule has 7 heteroatoms. The second-order valence-corrected chi connectivity index (χ2v) is 11.1. The topological polar surface area (TPSA) is 124 Å². The van der Waals surface area contributed by atoms with Gasteiger partial charge in [-0.2, -0.15) is 0 Å². The summed E-state index contributed by atoms with van der Waals surface area (Å²) >= 11 is 0. The quantitative estimate of drug-likeness (QED) is 0.474. The molecule has 4 rings (SSSR count). The van der Waals surface area contributed by atoms with E-state index in [0.717, 1.165) is 0 Å². The van der Waals surface area contributed by atoms with Crippen LogP contribution in [0.25, 0.3) is 0 Å². The zero-order valence-electron chi connectivity index (χ0n) is 17.9. The second-order valence-electron chi connectivity index (χ2n) is 11.1. The predicted octanol–water partition coefficient (Wildman–Crippen LogP) is 0.947. The van der Waals surface area contributed by atoms with Gasteiger partial charge in [-0.1, -0.05) is 13.8 Å². The third-order valence-electron chi connectivity index (χ3n) is 9.28. The first-order valence-electron chi connectivity index (χ1n) is 10.7. The van der Waals surface area contributed by atoms with Gasteiger partial charge < -0.3 is 25.2 Å². The Kier molecular flexibility index (Phi) is 4.25. The number of fused-ring (bicyclic) bond motifs is 2. The van der Waals surface area contributed by atoms with Gasteiger partial charge in [0.1, 0.15) is 17.5 Å². The Morgan fingerprint density at radius 1 is 1.07 bits per heavy atom. The number of rotatable bonds is 1. The van der Waals surface area contributed by atoms with Gasteiger partial charge in [-0.3, -0.25) is 9.59 Å². The first-order valence-corrected chi connectivity index (χ1v) is 10.7. The third-order valence-corrected chi connectivity index (χ3v) is 9.28. The zero-order valence-corrected chi connectivity index (χ0v) is 17.9. The van der Waals surface area contributed by atoms with Crippen LogP contribution in [0.1, 0.15) is 66.7 Å². The molecular weight excluding hydrogens is 376 g/mol. The Labute approximate surface area is 171 Å². The molecule has 0 aromatic rings. The molecule has 7 nitrogen and oxygen atoms in total. The van der Waals surface area contributed by atoms with Gasteiger partial charge in [-0.05, 0) is 45.4 Å². The highest BCUT2D eigenvalue weighted by Gasteiger charge is 2.77. The Hall–Kier alpha value is -1.02. The molecule has 9 atom stereocenters. The van der Waals surface area contributed by atoms with E-state index >= 15 is 0 Å². The van der Waals surface area contributed by atoms with Crippen LogP contribution < -0.4 is 0 Å². The number of carbonyl (C=O) groups excluding carboxylic acids is 2. The minimum Gasteiger partial charge on any atom is -0.462 e. The normalized spacial score (nSPS) is 55.8. The van der Waals surface area contributed by atoms with Crippen molar-refractivity contribution in [3.63, 3.8) is 0 Å². The fourth-order valence-electron chi connectivity index (χ4n) is 7.94. The van der Waals surface area contributed by atoms with Gasteiger partial charge in [0, 0.05) is 30.6 Å². The maximum Gasteiger partial charge on any atom is 0.302 e. The van der Waals surface area contributed by atoms with Gasteiger partial charge in [-0.15, -0.1) is 0 Å². The smallest absolute Gasteiger partial charge is 0.302 e. The van der Waals surface area contributed by atoms with Gasteiger partial charge in [0.05, 0.1) is 22.7 Å². The van der Waals surface area contributed by atoms with E-state index in [1.807, 2.05) is 0 Å². The lowest BCUT2D eigenvalue weighted by Gasteiger charge is -2.51. The summed E-state index contributed by atoms with van der Waals surface area (Å²) in [5, 5.41) is 46.1. The molecule has 0 amide bonds. The highest BCUT2D eigenvalue weighted by Crippen LogP contribution is 2.69. The van der Waals surface area contributed by atoms with Crippen LogP contribution >= 0.6 is 0 Å². The van der Waals surface area contributed by atoms with Gasteiger partial charge >= 0.3 is 5.97 Å². The molecule has 4 aliphatic rings. The molecule has 2 bridgehead atoms. The monoisotopic (exact) mass is 410 g/mol. The zero-order chi connectivity index (χ0) is 21.8. The number of Topliss-reactive ketones (excluding diaryl/α,β-unsaturated/α-hetero) is 1. The molecule has 0 aromatic carbocycles. The molecule has 4 N–H and O–H groups in total. The van der Waals surface area contributed by atoms with Crippen LogP contribution in [0.15, 0.2) is 0 Å². The van der Waals surface area contributed by atoms with Gasteiger partial charge in [0.25, 0.3) is 0 Å². The first kappa shape index (κ1) is 21.2. The summed E-state index contributed by atoms with van der Waals surface area (Å²) in [7, 11) is 0. The molecule has 0 heterocycles. The van der Waals surface area contributed by atoms with Gasteiger partial charge in [0.15, 0.2) is 0 Å². The average Bonchev–Trinajstić information content (AvgIpc) is 2.80. The van der Waals surface area contributed by atoms with E-state index in [1.165, 1.54) is 6.92 Å². The molecule has 164 valence electrons. The fourth-order valence-corrected chi connectivity index (χ4v) is 7.94. The van der Waals surface area contributed by atoms with E-state index in [-0.39, 0.29) is 31.0 Å². The molecular formula is C22H34O7. The minimum absolute atomic E-state index is 0.0157. The molecule has 0 saturated heterocycles. The van der Waals surface area contributed by atoms with E-state index < -0.39 is 57.6 Å². The van der Waals surface area contributed by atoms with E-state index in [0.29, 0.717) is 12.8 Å². The summed E-state index contributed by atoms with van der Waals surface area (Å²) in [5.41, 5.74) is -6.48. The van der Waals surface area contributed by atoms with Crippen LogP contribution in [0.5, 0.6) is 0 Å². The van der Waals surface area contributed by atoms with Crippen molar-refractivity contribution < 1.29 is 34.8 Å². The van der Waals surface area contributed by atoms with Crippen LogP contribution in [-0.4, -0.2) is 61.2 Å². The maximum absolute atomic E-state index is 12.8. The van der Waals surface area contributed by atoms with Crippen LogP contribution in [0.2, 0.25) is 0 Å². The van der Waals surface area contributed by atoms with E-state index in [2.05, 4.69) is 0 Å². The van der Waals surface area contributed by atoms with Crippen LogP contribution in [0.3, 0.4) is 0 Å². The Morgan fingerprint density at radius 3 is 2.28 bits per heavy atom. The number of ketones is 1. The lowest BCUT2D eigenvalue weighted by atomic mass is 9.57. The van der Waals surface area contributed by atoms with Crippen molar-refractivity contribution in [3.05, 3.63) is 0 Å². The number of hydrogen-bond donors (Lipinski definition) is 4. The van der Waals surface area contributed by atoms with E-state index in [1.54, 1.807) is 27.7 Å². The molecule has 0 aliphatic heterocycles. The second kappa shape index (κ2) is 5.81. The summed E-state index contributed by atoms with van der Waals surface area (Å²) in [5.74, 6) is -2.21. The number of hydrogen-bond acceptors (Lipinski definition) is 7. The average molecular weight is 411 g/mol. The molecule has 4 saturated carbocycles. The first-order chi connectivity index (χ1) is 13.1. The molecule has 4 aliphatic carbocycles. The molecule has 1 spiro atoms. The summed E-state index contributed by atoms with van der Waals surface area (Å²) in [6.45, 7) is 7.93. The van der Waals surface area contributed by atoms with Crippen molar-refractivity contribution in [1.29, 1.82) is 0 Å². The molecule has 3 unspecified atom stereocenters. The molecule has 0 radical (unpaired) electrons. The fraction of sp³-hybridized carbons (Fsp3) is 0.909. The van der Waals surface area contributed by atoms with Crippen molar-refractivity contribution in [1.82, 2.24) is 0 Å². The molecule has 29 heavy (non-hydrogen) atoms. The number of aliphatic hydroxyl groups is 4. The van der Waals surface area contributed by atoms with Gasteiger partial charge in [-0.25, -0.2) is 0 Å². The van der Waals surface area contributed by atoms with Crippen molar-refractivity contribution in [2.75, 3.05) is 0 Å². The number of esters is 1. The van der Waals surface area contributed by atoms with Crippen molar-refractivity contribution in [3.8, 4) is 0 Å². The van der Waals surface area contributed by atoms with E-state index in [4.69, 9.17) is 4.74 Å². The van der Waals surface area contributed by atoms with Crippen molar-refractivity contribution >= 4 is 11.8 Å². The van der Waals surface area contributed by atoms with E-state index in [9.17, 15) is 30.0 Å². The standard InChI is InChI=1S/C22H34O7/c1-11(23)29-17-12-6-7-13-20(5,27)14-8-15(24)18(2,3)22(14,28)16(25)9-21(13,17)10-19(12,4)26/h12-14,16-17,25-28H,6-10H2,1-5H3/t12-,13?,14-,16-,17?,19+,20+,21?,22-/m0/s1. The highest BCUT2D eigenvalue weighted by molar-refractivity contribution is 5.89. The number of aliphatic hydroxyl groups excluding tert-OH is 1. The summed E-state index contributed by atoms with van der Waals surface area (Å²) in [6, 6.07) is 0. The SMILES string of the molecule is CC(=O)OC1[C@@H]2CCC3C1(C[C@H](O)[C@@]1(O)[C@@H](CC(=O)C1(C)C)[C@]3(C)O)C[C@@]2(C)O. The van der Waals surface area contributed by atoms with Crippen molar-refractivity contribution in [2.45, 2.75) is 95.7 Å². The Morgan fingerprint density at radius 2 is 1.69 bits per heavy atom. The summed E-state index contributed by atoms with van der Waals surface area (Å²) in [4.78, 5) is 24.7. The minimum atomic E-state index is -1.80. The van der Waals surface area contributed by atoms with Gasteiger partial charge in [0.2, 0.25) is 0 Å². The largest absolute Gasteiger partial charge is 0.462 e. The maximum atomic E-state index is 12.8. The molecule has 0 aromatic heterocycles. The lowest BCUT2D eigenvalue weighted by Crippen LogP contribution is -2.60. The number of ether oxygens (including phenoxy) is 1. The van der Waals surface area contributed by atoms with Crippen LogP contribution in [0.4, 0.5) is 0 Å². The third kappa shape index (κ3) is 2.39. The Bertz CT molecular complexity index is 756. The molecule has 4 fully saturated rings. The summed E-state index contributed by atoms with van der Waals surface area (Å²) < 4.78 is 5.73. The summed E-state index contributed by atoms with van der Waals surface area (Å²) in [6.07, 6.45) is -0.518. The van der Waals surface area contributed by atoms with Crippen LogP contribution in [-0.2, 0) is 14.3 Å². The Balaban J connectivity index is 1.91. The lowest BCUT2D eigenvalue weighted by molar-refractivity contribution is -0.198. The predicted molar refractivity (Wildman–Crippen MR) is 103 cm³/mol. The van der Waals surface area contributed by atoms with Crippen molar-refractivity contribution in [2.24, 2.45) is 28.6 Å². The highest BCUT2D eigenvalue weighted by atomic mass is 16.5. The number of carbonyl (C=O) groups is 2.